The number of H-pyrrole nitrogens is 1. The van der Waals surface area contributed by atoms with Crippen molar-refractivity contribution in [3.63, 3.8) is 0 Å². The first-order valence-corrected chi connectivity index (χ1v) is 7.37. The summed E-state index contributed by atoms with van der Waals surface area (Å²) < 4.78 is 0. The van der Waals surface area contributed by atoms with Crippen molar-refractivity contribution in [2.75, 3.05) is 13.6 Å². The van der Waals surface area contributed by atoms with Crippen LogP contribution in [0.5, 0.6) is 0 Å². The predicted molar refractivity (Wildman–Crippen MR) is 84.5 cm³/mol. The summed E-state index contributed by atoms with van der Waals surface area (Å²) in [5, 5.41) is 8.70. The maximum absolute atomic E-state index is 6.06. The summed E-state index contributed by atoms with van der Waals surface area (Å²) in [7, 11) is 1.81. The van der Waals surface area contributed by atoms with Crippen LogP contribution in [-0.2, 0) is 6.42 Å². The molecule has 0 amide bonds. The molecule has 2 aromatic rings. The molecule has 0 spiro atoms. The molecule has 0 atom stereocenters. The highest BCUT2D eigenvalue weighted by Gasteiger charge is 2.21. The minimum Gasteiger partial charge on any atom is -0.361 e. The van der Waals surface area contributed by atoms with E-state index in [1.807, 2.05) is 25.2 Å². The number of aromatic nitrogens is 1. The minimum absolute atomic E-state index is 0.619. The quantitative estimate of drug-likeness (QED) is 0.599. The van der Waals surface area contributed by atoms with Crippen molar-refractivity contribution in [2.45, 2.75) is 25.3 Å². The van der Waals surface area contributed by atoms with Crippen molar-refractivity contribution in [3.05, 3.63) is 35.0 Å². The van der Waals surface area contributed by atoms with E-state index in [1.54, 1.807) is 0 Å². The Balaban J connectivity index is 1.60. The molecule has 5 heteroatoms. The van der Waals surface area contributed by atoms with E-state index in [1.165, 1.54) is 23.8 Å². The molecule has 1 aliphatic rings. The summed E-state index contributed by atoms with van der Waals surface area (Å²) in [5.74, 6) is 0.894. The van der Waals surface area contributed by atoms with Crippen molar-refractivity contribution in [1.82, 2.24) is 15.6 Å². The number of aliphatic imine (C=N–C) groups is 1. The third kappa shape index (κ3) is 3.07. The highest BCUT2D eigenvalue weighted by molar-refractivity contribution is 6.31. The van der Waals surface area contributed by atoms with Crippen molar-refractivity contribution < 1.29 is 0 Å². The summed E-state index contributed by atoms with van der Waals surface area (Å²) in [5.41, 5.74) is 2.40. The monoisotopic (exact) mass is 290 g/mol. The van der Waals surface area contributed by atoms with Gasteiger partial charge in [-0.15, -0.1) is 0 Å². The highest BCUT2D eigenvalue weighted by Crippen LogP contribution is 2.22. The number of nitrogens with one attached hydrogen (secondary N) is 3. The standard InChI is InChI=1S/C15H19ClN4/c1-17-15(20-12-3-4-12)18-7-6-10-9-19-14-5-2-11(16)8-13(10)14/h2,5,8-9,12,19H,3-4,6-7H2,1H3,(H2,17,18,20). The molecular formula is C15H19ClN4. The number of hydrogen-bond acceptors (Lipinski definition) is 1. The second-order valence-electron chi connectivity index (χ2n) is 5.17. The van der Waals surface area contributed by atoms with Gasteiger partial charge in [0, 0.05) is 41.8 Å². The van der Waals surface area contributed by atoms with Crippen LogP contribution in [-0.4, -0.2) is 30.6 Å². The normalized spacial score (nSPS) is 15.6. The smallest absolute Gasteiger partial charge is 0.191 e. The number of fused-ring (bicyclic) bond motifs is 1. The first-order valence-electron chi connectivity index (χ1n) is 6.99. The van der Waals surface area contributed by atoms with Gasteiger partial charge < -0.3 is 15.6 Å². The number of guanidine groups is 1. The Morgan fingerprint density at radius 3 is 3.05 bits per heavy atom. The molecular weight excluding hydrogens is 272 g/mol. The van der Waals surface area contributed by atoms with Gasteiger partial charge in [0.15, 0.2) is 5.96 Å². The van der Waals surface area contributed by atoms with E-state index in [-0.39, 0.29) is 0 Å². The van der Waals surface area contributed by atoms with Gasteiger partial charge in [-0.25, -0.2) is 0 Å². The van der Waals surface area contributed by atoms with E-state index in [9.17, 15) is 0 Å². The van der Waals surface area contributed by atoms with Gasteiger partial charge in [0.05, 0.1) is 0 Å². The number of benzene rings is 1. The molecule has 0 unspecified atom stereocenters. The molecule has 1 saturated carbocycles. The summed E-state index contributed by atoms with van der Waals surface area (Å²) >= 11 is 6.06. The van der Waals surface area contributed by atoms with Crippen molar-refractivity contribution in [3.8, 4) is 0 Å². The molecule has 1 heterocycles. The molecule has 0 aliphatic heterocycles. The molecule has 0 saturated heterocycles. The van der Waals surface area contributed by atoms with Crippen LogP contribution in [0.3, 0.4) is 0 Å². The van der Waals surface area contributed by atoms with Gasteiger partial charge in [0.2, 0.25) is 0 Å². The lowest BCUT2D eigenvalue weighted by atomic mass is 10.1. The Kier molecular flexibility index (Phi) is 3.83. The molecule has 3 N–H and O–H groups in total. The van der Waals surface area contributed by atoms with E-state index in [0.717, 1.165) is 29.5 Å². The van der Waals surface area contributed by atoms with Crippen molar-refractivity contribution >= 4 is 28.5 Å². The molecule has 1 aliphatic carbocycles. The largest absolute Gasteiger partial charge is 0.361 e. The third-order valence-corrected chi connectivity index (χ3v) is 3.79. The average Bonchev–Trinajstić information content (AvgIpc) is 3.18. The van der Waals surface area contributed by atoms with Crippen LogP contribution in [0.4, 0.5) is 0 Å². The molecule has 1 aromatic carbocycles. The number of aromatic amines is 1. The highest BCUT2D eigenvalue weighted by atomic mass is 35.5. The van der Waals surface area contributed by atoms with Gasteiger partial charge in [-0.05, 0) is 43.0 Å². The number of hydrogen-bond donors (Lipinski definition) is 3. The Morgan fingerprint density at radius 2 is 2.30 bits per heavy atom. The molecule has 20 heavy (non-hydrogen) atoms. The SMILES string of the molecule is CN=C(NCCc1c[nH]c2ccc(Cl)cc12)NC1CC1. The fraction of sp³-hybridized carbons (Fsp3) is 0.400. The zero-order valence-corrected chi connectivity index (χ0v) is 12.3. The Bertz CT molecular complexity index is 628. The van der Waals surface area contributed by atoms with Gasteiger partial charge in [0.25, 0.3) is 0 Å². The van der Waals surface area contributed by atoms with Crippen LogP contribution in [0.1, 0.15) is 18.4 Å². The zero-order chi connectivity index (χ0) is 13.9. The first kappa shape index (κ1) is 13.3. The fourth-order valence-corrected chi connectivity index (χ4v) is 2.46. The molecule has 0 radical (unpaired) electrons. The summed E-state index contributed by atoms with van der Waals surface area (Å²) in [6, 6.07) is 6.56. The lowest BCUT2D eigenvalue weighted by Gasteiger charge is -2.10. The van der Waals surface area contributed by atoms with E-state index in [4.69, 9.17) is 11.6 Å². The van der Waals surface area contributed by atoms with Gasteiger partial charge in [0.1, 0.15) is 0 Å². The number of nitrogens with zero attached hydrogens (tertiary/aromatic N) is 1. The average molecular weight is 291 g/mol. The van der Waals surface area contributed by atoms with Crippen LogP contribution < -0.4 is 10.6 Å². The summed E-state index contributed by atoms with van der Waals surface area (Å²) in [6.07, 6.45) is 5.49. The maximum Gasteiger partial charge on any atom is 0.191 e. The third-order valence-electron chi connectivity index (χ3n) is 3.56. The Labute approximate surface area is 123 Å². The second-order valence-corrected chi connectivity index (χ2v) is 5.61. The maximum atomic E-state index is 6.06. The van der Waals surface area contributed by atoms with Crippen LogP contribution in [0.25, 0.3) is 10.9 Å². The van der Waals surface area contributed by atoms with E-state index in [2.05, 4.69) is 26.8 Å². The lowest BCUT2D eigenvalue weighted by molar-refractivity contribution is 0.793. The number of halogens is 1. The fourth-order valence-electron chi connectivity index (χ4n) is 2.29. The second kappa shape index (κ2) is 5.75. The lowest BCUT2D eigenvalue weighted by Crippen LogP contribution is -2.39. The topological polar surface area (TPSA) is 52.2 Å². The van der Waals surface area contributed by atoms with Gasteiger partial charge in [-0.3, -0.25) is 4.99 Å². The van der Waals surface area contributed by atoms with Crippen LogP contribution in [0, 0.1) is 0 Å². The minimum atomic E-state index is 0.619. The predicted octanol–water partition coefficient (Wildman–Crippen LogP) is 2.69. The van der Waals surface area contributed by atoms with Gasteiger partial charge in [-0.2, -0.15) is 0 Å². The molecule has 0 bridgehead atoms. The zero-order valence-electron chi connectivity index (χ0n) is 11.5. The van der Waals surface area contributed by atoms with Crippen LogP contribution in [0.15, 0.2) is 29.4 Å². The van der Waals surface area contributed by atoms with Crippen LogP contribution >= 0.6 is 11.6 Å². The molecule has 1 fully saturated rings. The summed E-state index contributed by atoms with van der Waals surface area (Å²) in [4.78, 5) is 7.51. The van der Waals surface area contributed by atoms with Crippen molar-refractivity contribution in [2.24, 2.45) is 4.99 Å². The molecule has 3 rings (SSSR count). The van der Waals surface area contributed by atoms with Crippen molar-refractivity contribution in [1.29, 1.82) is 0 Å². The Morgan fingerprint density at radius 1 is 1.45 bits per heavy atom. The molecule has 1 aromatic heterocycles. The van der Waals surface area contributed by atoms with E-state index < -0.39 is 0 Å². The Hall–Kier alpha value is -1.68. The first-order chi connectivity index (χ1) is 9.76. The van der Waals surface area contributed by atoms with Crippen LogP contribution in [0.2, 0.25) is 5.02 Å². The molecule has 4 nitrogen and oxygen atoms in total. The summed E-state index contributed by atoms with van der Waals surface area (Å²) in [6.45, 7) is 0.853. The van der Waals surface area contributed by atoms with E-state index in [0.29, 0.717) is 6.04 Å². The molecule has 106 valence electrons. The van der Waals surface area contributed by atoms with Gasteiger partial charge >= 0.3 is 0 Å². The number of rotatable bonds is 4. The van der Waals surface area contributed by atoms with E-state index >= 15 is 0 Å². The van der Waals surface area contributed by atoms with Gasteiger partial charge in [-0.1, -0.05) is 11.6 Å².